The number of hydrogen-bond donors (Lipinski definition) is 0. The average Bonchev–Trinajstić information content (AvgIpc) is 3.09. The van der Waals surface area contributed by atoms with Crippen LogP contribution in [-0.4, -0.2) is 35.2 Å². The summed E-state index contributed by atoms with van der Waals surface area (Å²) >= 11 is 5.22. The third-order valence-electron chi connectivity index (χ3n) is 5.27. The van der Waals surface area contributed by atoms with Crippen molar-refractivity contribution in [2.45, 2.75) is 19.6 Å². The van der Waals surface area contributed by atoms with Crippen LogP contribution in [-0.2, 0) is 20.9 Å². The van der Waals surface area contributed by atoms with Crippen molar-refractivity contribution in [2.75, 3.05) is 7.11 Å². The number of nitrogens with zero attached hydrogens (tertiary/aromatic N) is 1. The summed E-state index contributed by atoms with van der Waals surface area (Å²) in [5.41, 5.74) is 1.84. The van der Waals surface area contributed by atoms with E-state index in [2.05, 4.69) is 80.3 Å². The fourth-order valence-corrected chi connectivity index (χ4v) is 6.56. The molecule has 1 fully saturated rings. The molecule has 34 heavy (non-hydrogen) atoms. The zero-order valence-electron chi connectivity index (χ0n) is 18.2. The molecule has 3 aromatic rings. The minimum absolute atomic E-state index is 0.261. The van der Waals surface area contributed by atoms with Crippen LogP contribution in [0.3, 0.4) is 0 Å². The second-order valence-electron chi connectivity index (χ2n) is 7.53. The molecule has 0 spiro atoms. The molecule has 0 aliphatic carbocycles. The lowest BCUT2D eigenvalue weighted by molar-refractivity contribution is -0.148. The highest BCUT2D eigenvalue weighted by molar-refractivity contribution is 14.1. The van der Waals surface area contributed by atoms with Gasteiger partial charge in [-0.15, -0.1) is 0 Å². The van der Waals surface area contributed by atoms with Gasteiger partial charge in [0.2, 0.25) is 0 Å². The summed E-state index contributed by atoms with van der Waals surface area (Å²) in [7, 11) is 1.22. The maximum Gasteiger partial charge on any atom is 0.328 e. The monoisotopic (exact) mass is 699 g/mol. The van der Waals surface area contributed by atoms with Crippen molar-refractivity contribution in [2.24, 2.45) is 0 Å². The van der Waals surface area contributed by atoms with E-state index in [9.17, 15) is 14.4 Å². The van der Waals surface area contributed by atoms with Crippen LogP contribution in [0.5, 0.6) is 5.75 Å². The Morgan fingerprint density at radius 3 is 2.41 bits per heavy atom. The van der Waals surface area contributed by atoms with Crippen LogP contribution in [0.4, 0.5) is 4.79 Å². The average molecular weight is 699 g/mol. The number of rotatable bonds is 6. The number of fused-ring (bicyclic) bond motifs is 1. The Kier molecular flexibility index (Phi) is 7.83. The molecular formula is C25H19I2NO5S. The van der Waals surface area contributed by atoms with Crippen molar-refractivity contribution in [3.05, 3.63) is 77.8 Å². The Bertz CT molecular complexity index is 1320. The number of halogens is 2. The van der Waals surface area contributed by atoms with Gasteiger partial charge in [0.25, 0.3) is 11.1 Å². The first-order valence-electron chi connectivity index (χ1n) is 10.2. The van der Waals surface area contributed by atoms with E-state index in [0.717, 1.165) is 40.7 Å². The van der Waals surface area contributed by atoms with E-state index in [0.29, 0.717) is 6.61 Å². The van der Waals surface area contributed by atoms with Gasteiger partial charge in [0.15, 0.2) is 0 Å². The molecule has 1 aliphatic heterocycles. The van der Waals surface area contributed by atoms with Gasteiger partial charge in [-0.2, -0.15) is 0 Å². The van der Waals surface area contributed by atoms with E-state index in [1.165, 1.54) is 24.8 Å². The first-order chi connectivity index (χ1) is 16.3. The van der Waals surface area contributed by atoms with Gasteiger partial charge in [-0.05, 0) is 110 Å². The van der Waals surface area contributed by atoms with E-state index in [1.54, 1.807) is 6.08 Å². The molecule has 3 aromatic carbocycles. The number of benzene rings is 3. The van der Waals surface area contributed by atoms with Gasteiger partial charge >= 0.3 is 5.97 Å². The van der Waals surface area contributed by atoms with E-state index < -0.39 is 23.2 Å². The Morgan fingerprint density at radius 1 is 1.06 bits per heavy atom. The summed E-state index contributed by atoms with van der Waals surface area (Å²) in [6.45, 7) is 1.90. The third kappa shape index (κ3) is 5.25. The van der Waals surface area contributed by atoms with Crippen molar-refractivity contribution in [1.29, 1.82) is 0 Å². The summed E-state index contributed by atoms with van der Waals surface area (Å²) in [4.78, 5) is 38.1. The van der Waals surface area contributed by atoms with Crippen molar-refractivity contribution < 1.29 is 23.9 Å². The predicted molar refractivity (Wildman–Crippen MR) is 149 cm³/mol. The lowest BCUT2D eigenvalue weighted by Crippen LogP contribution is -2.42. The van der Waals surface area contributed by atoms with Crippen LogP contribution in [0.1, 0.15) is 18.1 Å². The van der Waals surface area contributed by atoms with E-state index >= 15 is 0 Å². The minimum atomic E-state index is -0.977. The predicted octanol–water partition coefficient (Wildman–Crippen LogP) is 6.23. The summed E-state index contributed by atoms with van der Waals surface area (Å²) in [6.07, 6.45) is 1.66. The standard InChI is InChI=1S/C25H19I2NO5S/c1-14(24(30)32-2)28-23(29)21(34-25(28)31)12-16-10-19(26)22(20(27)11-16)33-13-15-7-8-17-5-3-4-6-18(17)9-15/h3-12,14H,13H2,1-2H3/b21-12+/t14-/m0/s1. The molecule has 9 heteroatoms. The van der Waals surface area contributed by atoms with Gasteiger partial charge < -0.3 is 9.47 Å². The molecule has 0 N–H and O–H groups in total. The summed E-state index contributed by atoms with van der Waals surface area (Å²) in [5, 5.41) is 1.86. The highest BCUT2D eigenvalue weighted by Gasteiger charge is 2.41. The van der Waals surface area contributed by atoms with Crippen LogP contribution in [0.2, 0.25) is 0 Å². The van der Waals surface area contributed by atoms with Gasteiger partial charge in [-0.1, -0.05) is 36.4 Å². The van der Waals surface area contributed by atoms with Crippen LogP contribution in [0, 0.1) is 7.14 Å². The minimum Gasteiger partial charge on any atom is -0.487 e. The lowest BCUT2D eigenvalue weighted by atomic mass is 10.1. The number of methoxy groups -OCH3 is 1. The number of carbonyl (C=O) groups excluding carboxylic acids is 3. The zero-order valence-corrected chi connectivity index (χ0v) is 23.3. The van der Waals surface area contributed by atoms with Gasteiger partial charge in [0, 0.05) is 0 Å². The normalized spacial score (nSPS) is 15.8. The highest BCUT2D eigenvalue weighted by Crippen LogP contribution is 2.36. The van der Waals surface area contributed by atoms with Crippen molar-refractivity contribution in [1.82, 2.24) is 4.90 Å². The molecule has 1 saturated heterocycles. The smallest absolute Gasteiger partial charge is 0.328 e. The van der Waals surface area contributed by atoms with Crippen LogP contribution >= 0.6 is 56.9 Å². The number of imide groups is 1. The SMILES string of the molecule is COC(=O)[C@H](C)N1C(=O)S/C(=C/c2cc(I)c(OCc3ccc4ccccc4c3)c(I)c2)C1=O. The molecule has 0 bridgehead atoms. The Balaban J connectivity index is 1.52. The molecule has 174 valence electrons. The van der Waals surface area contributed by atoms with Gasteiger partial charge in [-0.3, -0.25) is 14.5 Å². The first kappa shape index (κ1) is 25.0. The van der Waals surface area contributed by atoms with E-state index in [1.807, 2.05) is 24.3 Å². The summed E-state index contributed by atoms with van der Waals surface area (Å²) in [5.74, 6) is -0.381. The van der Waals surface area contributed by atoms with Gasteiger partial charge in [0.05, 0.1) is 19.2 Å². The number of carbonyl (C=O) groups is 3. The molecule has 1 aliphatic rings. The molecule has 0 radical (unpaired) electrons. The quantitative estimate of drug-likeness (QED) is 0.173. The van der Waals surface area contributed by atoms with Crippen LogP contribution < -0.4 is 4.74 Å². The number of amides is 2. The Labute approximate surface area is 228 Å². The lowest BCUT2D eigenvalue weighted by Gasteiger charge is -2.18. The van der Waals surface area contributed by atoms with Gasteiger partial charge in [0.1, 0.15) is 18.4 Å². The molecule has 1 atom stereocenters. The molecule has 0 saturated carbocycles. The second-order valence-corrected chi connectivity index (χ2v) is 10.9. The molecule has 0 aromatic heterocycles. The van der Waals surface area contributed by atoms with Crippen LogP contribution in [0.15, 0.2) is 59.5 Å². The fraction of sp³-hybridized carbons (Fsp3) is 0.160. The topological polar surface area (TPSA) is 72.9 Å². The number of ether oxygens (including phenoxy) is 2. The van der Waals surface area contributed by atoms with Crippen LogP contribution in [0.25, 0.3) is 16.8 Å². The number of hydrogen-bond acceptors (Lipinski definition) is 6. The summed E-state index contributed by atoms with van der Waals surface area (Å²) < 4.78 is 12.6. The van der Waals surface area contributed by atoms with Crippen molar-refractivity contribution >= 4 is 90.9 Å². The number of esters is 1. The largest absolute Gasteiger partial charge is 0.487 e. The molecule has 4 rings (SSSR count). The highest BCUT2D eigenvalue weighted by atomic mass is 127. The van der Waals surface area contributed by atoms with Crippen molar-refractivity contribution in [3.8, 4) is 5.75 Å². The first-order valence-corrected chi connectivity index (χ1v) is 13.2. The Morgan fingerprint density at radius 2 is 1.74 bits per heavy atom. The molecule has 0 unspecified atom stereocenters. The Hall–Kier alpha value is -2.12. The molecule has 1 heterocycles. The van der Waals surface area contributed by atoms with E-state index in [-0.39, 0.29) is 4.91 Å². The zero-order chi connectivity index (χ0) is 24.4. The maximum atomic E-state index is 12.8. The second kappa shape index (κ2) is 10.6. The maximum absolute atomic E-state index is 12.8. The molecule has 6 nitrogen and oxygen atoms in total. The fourth-order valence-electron chi connectivity index (χ4n) is 3.53. The third-order valence-corrected chi connectivity index (χ3v) is 7.75. The molecule has 2 amide bonds. The van der Waals surface area contributed by atoms with Gasteiger partial charge in [-0.25, -0.2) is 4.79 Å². The number of thioether (sulfide) groups is 1. The van der Waals surface area contributed by atoms with E-state index in [4.69, 9.17) is 4.74 Å². The molecular weight excluding hydrogens is 680 g/mol. The summed E-state index contributed by atoms with van der Waals surface area (Å²) in [6, 6.07) is 17.3. The van der Waals surface area contributed by atoms with Crippen molar-refractivity contribution in [3.63, 3.8) is 0 Å².